The van der Waals surface area contributed by atoms with Crippen molar-refractivity contribution < 1.29 is 15.0 Å². The van der Waals surface area contributed by atoms with Crippen LogP contribution in [0.3, 0.4) is 0 Å². The van der Waals surface area contributed by atoms with Gasteiger partial charge in [0.05, 0.1) is 12.2 Å². The van der Waals surface area contributed by atoms with E-state index in [1.54, 1.807) is 35.0 Å². The van der Waals surface area contributed by atoms with Crippen LogP contribution in [0.1, 0.15) is 21.7 Å². The number of aromatic hydroxyl groups is 1. The van der Waals surface area contributed by atoms with Crippen LogP contribution in [0.2, 0.25) is 0 Å². The first-order valence-corrected chi connectivity index (χ1v) is 6.51. The molecule has 0 bridgehead atoms. The second-order valence-corrected chi connectivity index (χ2v) is 4.99. The summed E-state index contributed by atoms with van der Waals surface area (Å²) in [6.45, 7) is 2.34. The third-order valence-electron chi connectivity index (χ3n) is 3.40. The van der Waals surface area contributed by atoms with Gasteiger partial charge in [-0.3, -0.25) is 4.98 Å². The Morgan fingerprint density at radius 3 is 2.76 bits per heavy atom. The van der Waals surface area contributed by atoms with E-state index in [1.807, 2.05) is 19.1 Å². The molecule has 0 aliphatic carbocycles. The van der Waals surface area contributed by atoms with E-state index < -0.39 is 5.97 Å². The molecule has 3 rings (SSSR count). The minimum absolute atomic E-state index is 0.116. The lowest BCUT2D eigenvalue weighted by Gasteiger charge is -2.08. The number of carbonyl (C=O) groups is 1. The lowest BCUT2D eigenvalue weighted by atomic mass is 10.2. The maximum Gasteiger partial charge on any atom is 0.352 e. The van der Waals surface area contributed by atoms with Crippen LogP contribution in [0.5, 0.6) is 5.75 Å². The zero-order valence-corrected chi connectivity index (χ0v) is 11.4. The Balaban J connectivity index is 2.15. The number of nitrogens with zero attached hydrogens (tertiary/aromatic N) is 2. The fraction of sp³-hybridized carbons (Fsp3) is 0.125. The molecule has 0 saturated heterocycles. The van der Waals surface area contributed by atoms with Crippen molar-refractivity contribution in [2.24, 2.45) is 0 Å². The summed E-state index contributed by atoms with van der Waals surface area (Å²) < 4.78 is 1.69. The van der Waals surface area contributed by atoms with Gasteiger partial charge in [0.25, 0.3) is 0 Å². The second kappa shape index (κ2) is 4.94. The first-order chi connectivity index (χ1) is 10.0. The van der Waals surface area contributed by atoms with Gasteiger partial charge in [-0.2, -0.15) is 0 Å². The number of rotatable bonds is 3. The van der Waals surface area contributed by atoms with Crippen molar-refractivity contribution in [2.75, 3.05) is 0 Å². The van der Waals surface area contributed by atoms with E-state index in [4.69, 9.17) is 0 Å². The number of pyridine rings is 1. The number of phenols is 1. The predicted molar refractivity (Wildman–Crippen MR) is 78.6 cm³/mol. The molecule has 0 aliphatic rings. The number of aromatic carboxylic acids is 1. The third-order valence-corrected chi connectivity index (χ3v) is 3.40. The van der Waals surface area contributed by atoms with Crippen molar-refractivity contribution >= 4 is 16.9 Å². The van der Waals surface area contributed by atoms with Crippen molar-refractivity contribution in [1.82, 2.24) is 9.55 Å². The van der Waals surface area contributed by atoms with Crippen molar-refractivity contribution in [3.05, 3.63) is 59.5 Å². The molecule has 0 saturated carbocycles. The Hall–Kier alpha value is -2.82. The summed E-state index contributed by atoms with van der Waals surface area (Å²) in [5.41, 5.74) is 2.81. The Morgan fingerprint density at radius 2 is 2.05 bits per heavy atom. The largest absolute Gasteiger partial charge is 0.508 e. The first kappa shape index (κ1) is 13.2. The van der Waals surface area contributed by atoms with E-state index in [1.165, 1.54) is 0 Å². The van der Waals surface area contributed by atoms with Gasteiger partial charge in [0.2, 0.25) is 0 Å². The van der Waals surface area contributed by atoms with E-state index >= 15 is 0 Å². The number of aryl methyl sites for hydroxylation is 1. The molecule has 3 aromatic rings. The topological polar surface area (TPSA) is 75.4 Å². The molecule has 1 aromatic carbocycles. The van der Waals surface area contributed by atoms with E-state index in [0.29, 0.717) is 11.9 Å². The average molecular weight is 282 g/mol. The normalized spacial score (nSPS) is 10.9. The highest BCUT2D eigenvalue weighted by atomic mass is 16.4. The van der Waals surface area contributed by atoms with Crippen LogP contribution in [0.4, 0.5) is 0 Å². The Bertz CT molecular complexity index is 837. The minimum atomic E-state index is -1.00. The molecule has 106 valence electrons. The van der Waals surface area contributed by atoms with Gasteiger partial charge < -0.3 is 14.8 Å². The number of fused-ring (bicyclic) bond motifs is 1. The third kappa shape index (κ3) is 2.45. The number of carboxylic acids is 1. The number of carboxylic acid groups (broad SMARTS) is 1. The van der Waals surface area contributed by atoms with Crippen molar-refractivity contribution in [3.63, 3.8) is 0 Å². The van der Waals surface area contributed by atoms with Crippen LogP contribution in [-0.2, 0) is 6.54 Å². The summed E-state index contributed by atoms with van der Waals surface area (Å²) in [5, 5.41) is 19.6. The van der Waals surface area contributed by atoms with Gasteiger partial charge in [-0.15, -0.1) is 0 Å². The molecule has 2 aromatic heterocycles. The molecule has 0 spiro atoms. The first-order valence-electron chi connectivity index (χ1n) is 6.51. The molecule has 5 heteroatoms. The van der Waals surface area contributed by atoms with E-state index in [0.717, 1.165) is 16.8 Å². The molecule has 2 heterocycles. The number of benzene rings is 1. The van der Waals surface area contributed by atoms with Crippen LogP contribution >= 0.6 is 0 Å². The maximum absolute atomic E-state index is 11.4. The van der Waals surface area contributed by atoms with Crippen LogP contribution < -0.4 is 0 Å². The van der Waals surface area contributed by atoms with Gasteiger partial charge in [0, 0.05) is 17.1 Å². The van der Waals surface area contributed by atoms with Gasteiger partial charge in [-0.05, 0) is 48.9 Å². The SMILES string of the molecule is Cc1ccnc(Cn2c(C(=O)O)cc3cc(O)ccc32)c1. The summed E-state index contributed by atoms with van der Waals surface area (Å²) in [6, 6.07) is 10.2. The molecule has 21 heavy (non-hydrogen) atoms. The summed E-state index contributed by atoms with van der Waals surface area (Å²) in [4.78, 5) is 15.7. The smallest absolute Gasteiger partial charge is 0.352 e. The number of hydrogen-bond donors (Lipinski definition) is 2. The van der Waals surface area contributed by atoms with Gasteiger partial charge in [0.15, 0.2) is 0 Å². The number of aromatic nitrogens is 2. The van der Waals surface area contributed by atoms with Crippen LogP contribution in [0, 0.1) is 6.92 Å². The molecule has 0 radical (unpaired) electrons. The molecule has 0 fully saturated rings. The number of hydrogen-bond acceptors (Lipinski definition) is 3. The fourth-order valence-corrected chi connectivity index (χ4v) is 2.45. The lowest BCUT2D eigenvalue weighted by molar-refractivity contribution is 0.0686. The molecular weight excluding hydrogens is 268 g/mol. The Kier molecular flexibility index (Phi) is 3.10. The summed E-state index contributed by atoms with van der Waals surface area (Å²) in [7, 11) is 0. The van der Waals surface area contributed by atoms with Crippen molar-refractivity contribution in [3.8, 4) is 5.75 Å². The monoisotopic (exact) mass is 282 g/mol. The summed E-state index contributed by atoms with van der Waals surface area (Å²) in [5.74, 6) is -0.886. The fourth-order valence-electron chi connectivity index (χ4n) is 2.45. The highest BCUT2D eigenvalue weighted by Crippen LogP contribution is 2.25. The molecule has 0 amide bonds. The Labute approximate surface area is 121 Å². The Morgan fingerprint density at radius 1 is 1.24 bits per heavy atom. The highest BCUT2D eigenvalue weighted by molar-refractivity contribution is 5.95. The molecular formula is C16H14N2O3. The van der Waals surface area contributed by atoms with Gasteiger partial charge in [-0.1, -0.05) is 0 Å². The molecule has 0 aliphatic heterocycles. The van der Waals surface area contributed by atoms with Gasteiger partial charge in [0.1, 0.15) is 11.4 Å². The predicted octanol–water partition coefficient (Wildman–Crippen LogP) is 2.80. The quantitative estimate of drug-likeness (QED) is 0.774. The standard InChI is InChI=1S/C16H14N2O3/c1-10-4-5-17-12(6-10)9-18-14-3-2-13(19)7-11(14)8-15(18)16(20)21/h2-8,19H,9H2,1H3,(H,20,21). The van der Waals surface area contributed by atoms with Crippen LogP contribution in [-0.4, -0.2) is 25.7 Å². The van der Waals surface area contributed by atoms with Crippen molar-refractivity contribution in [1.29, 1.82) is 0 Å². The number of phenolic OH excluding ortho intramolecular Hbond substituents is 1. The summed E-state index contributed by atoms with van der Waals surface area (Å²) >= 11 is 0. The molecule has 5 nitrogen and oxygen atoms in total. The van der Waals surface area contributed by atoms with Crippen LogP contribution in [0.25, 0.3) is 10.9 Å². The maximum atomic E-state index is 11.4. The second-order valence-electron chi connectivity index (χ2n) is 4.99. The molecule has 2 N–H and O–H groups in total. The average Bonchev–Trinajstić information content (AvgIpc) is 2.77. The van der Waals surface area contributed by atoms with E-state index in [-0.39, 0.29) is 11.4 Å². The van der Waals surface area contributed by atoms with E-state index in [9.17, 15) is 15.0 Å². The zero-order valence-electron chi connectivity index (χ0n) is 11.4. The van der Waals surface area contributed by atoms with Crippen molar-refractivity contribution in [2.45, 2.75) is 13.5 Å². The molecule has 0 unspecified atom stereocenters. The van der Waals surface area contributed by atoms with Gasteiger partial charge in [-0.25, -0.2) is 4.79 Å². The highest BCUT2D eigenvalue weighted by Gasteiger charge is 2.15. The molecule has 0 atom stereocenters. The lowest BCUT2D eigenvalue weighted by Crippen LogP contribution is -2.10. The van der Waals surface area contributed by atoms with Crippen LogP contribution in [0.15, 0.2) is 42.6 Å². The van der Waals surface area contributed by atoms with Gasteiger partial charge >= 0.3 is 5.97 Å². The van der Waals surface area contributed by atoms with E-state index in [2.05, 4.69) is 4.98 Å². The minimum Gasteiger partial charge on any atom is -0.508 e. The summed E-state index contributed by atoms with van der Waals surface area (Å²) in [6.07, 6.45) is 1.71. The zero-order chi connectivity index (χ0) is 15.0.